The minimum absolute atomic E-state index is 0.115. The lowest BCUT2D eigenvalue weighted by atomic mass is 10.0. The molecule has 0 bridgehead atoms. The van der Waals surface area contributed by atoms with Crippen LogP contribution in [0.4, 0.5) is 14.6 Å². The number of benzene rings is 2. The molecule has 2 heterocycles. The normalized spacial score (nSPS) is 11.5. The van der Waals surface area contributed by atoms with Crippen LogP contribution in [0.15, 0.2) is 54.9 Å². The highest BCUT2D eigenvalue weighted by Crippen LogP contribution is 2.36. The van der Waals surface area contributed by atoms with Crippen molar-refractivity contribution in [3.8, 4) is 28.3 Å². The molecule has 170 valence electrons. The summed E-state index contributed by atoms with van der Waals surface area (Å²) in [5, 5.41) is 3.56. The van der Waals surface area contributed by atoms with Gasteiger partial charge in [-0.15, -0.1) is 0 Å². The van der Waals surface area contributed by atoms with Gasteiger partial charge < -0.3 is 10.1 Å². The van der Waals surface area contributed by atoms with Gasteiger partial charge in [-0.2, -0.15) is 0 Å². The summed E-state index contributed by atoms with van der Waals surface area (Å²) in [6, 6.07) is 10.0. The van der Waals surface area contributed by atoms with Crippen LogP contribution in [0.25, 0.3) is 33.4 Å². The SMILES string of the molecule is CNc1nc(-c2cccnc2)nc2c(OCCS(C)(=O)=O)cc(-c3cc(F)cc(F)c3)cc12. The van der Waals surface area contributed by atoms with E-state index in [1.807, 2.05) is 6.07 Å². The summed E-state index contributed by atoms with van der Waals surface area (Å²) >= 11 is 0. The Bertz CT molecular complexity index is 1410. The van der Waals surface area contributed by atoms with Crippen molar-refractivity contribution in [2.45, 2.75) is 0 Å². The van der Waals surface area contributed by atoms with E-state index in [2.05, 4.69) is 20.3 Å². The molecule has 0 aliphatic heterocycles. The fraction of sp³-hybridized carbons (Fsp3) is 0.174. The Morgan fingerprint density at radius 1 is 1.00 bits per heavy atom. The van der Waals surface area contributed by atoms with Crippen LogP contribution in [0, 0.1) is 11.6 Å². The maximum atomic E-state index is 13.9. The Labute approximate surface area is 189 Å². The summed E-state index contributed by atoms with van der Waals surface area (Å²) in [7, 11) is -1.57. The first-order valence-electron chi connectivity index (χ1n) is 9.94. The Kier molecular flexibility index (Phi) is 6.19. The van der Waals surface area contributed by atoms with Crippen molar-refractivity contribution in [2.24, 2.45) is 0 Å². The van der Waals surface area contributed by atoms with Crippen LogP contribution in [-0.2, 0) is 9.84 Å². The molecule has 0 amide bonds. The monoisotopic (exact) mass is 470 g/mol. The second-order valence-electron chi connectivity index (χ2n) is 7.39. The average molecular weight is 471 g/mol. The Morgan fingerprint density at radius 2 is 1.73 bits per heavy atom. The maximum absolute atomic E-state index is 13.9. The fourth-order valence-corrected chi connectivity index (χ4v) is 3.70. The van der Waals surface area contributed by atoms with E-state index in [1.165, 1.54) is 12.1 Å². The van der Waals surface area contributed by atoms with Crippen molar-refractivity contribution in [1.82, 2.24) is 15.0 Å². The van der Waals surface area contributed by atoms with Gasteiger partial charge in [-0.05, 0) is 47.5 Å². The highest BCUT2D eigenvalue weighted by atomic mass is 32.2. The maximum Gasteiger partial charge on any atom is 0.163 e. The molecule has 0 aliphatic rings. The van der Waals surface area contributed by atoms with Crippen molar-refractivity contribution in [3.63, 3.8) is 0 Å². The van der Waals surface area contributed by atoms with Gasteiger partial charge in [0, 0.05) is 42.7 Å². The highest BCUT2D eigenvalue weighted by Gasteiger charge is 2.17. The summed E-state index contributed by atoms with van der Waals surface area (Å²) in [4.78, 5) is 13.3. The number of ether oxygens (including phenoxy) is 1. The summed E-state index contributed by atoms with van der Waals surface area (Å²) < 4.78 is 56.7. The van der Waals surface area contributed by atoms with Crippen LogP contribution in [0.3, 0.4) is 0 Å². The molecule has 0 aliphatic carbocycles. The van der Waals surface area contributed by atoms with E-state index in [9.17, 15) is 17.2 Å². The molecular weight excluding hydrogens is 450 g/mol. The van der Waals surface area contributed by atoms with Gasteiger partial charge in [0.2, 0.25) is 0 Å². The Balaban J connectivity index is 1.93. The lowest BCUT2D eigenvalue weighted by Crippen LogP contribution is -2.12. The first-order valence-corrected chi connectivity index (χ1v) is 12.0. The van der Waals surface area contributed by atoms with Gasteiger partial charge in [0.15, 0.2) is 15.7 Å². The third-order valence-corrected chi connectivity index (χ3v) is 5.74. The summed E-state index contributed by atoms with van der Waals surface area (Å²) in [6.07, 6.45) is 4.37. The topological polar surface area (TPSA) is 94.1 Å². The number of rotatable bonds is 7. The van der Waals surface area contributed by atoms with Crippen molar-refractivity contribution in [2.75, 3.05) is 31.0 Å². The van der Waals surface area contributed by atoms with E-state index in [4.69, 9.17) is 4.74 Å². The molecule has 0 fully saturated rings. The summed E-state index contributed by atoms with van der Waals surface area (Å²) in [5.74, 6) is -0.529. The van der Waals surface area contributed by atoms with E-state index in [0.717, 1.165) is 12.3 Å². The van der Waals surface area contributed by atoms with E-state index in [1.54, 1.807) is 37.6 Å². The zero-order valence-corrected chi connectivity index (χ0v) is 18.7. The minimum atomic E-state index is -3.26. The predicted molar refractivity (Wildman–Crippen MR) is 123 cm³/mol. The van der Waals surface area contributed by atoms with Crippen LogP contribution in [0.1, 0.15) is 0 Å². The van der Waals surface area contributed by atoms with E-state index in [-0.39, 0.29) is 18.1 Å². The highest BCUT2D eigenvalue weighted by molar-refractivity contribution is 7.90. The van der Waals surface area contributed by atoms with Gasteiger partial charge in [-0.1, -0.05) is 0 Å². The number of nitrogens with zero attached hydrogens (tertiary/aromatic N) is 3. The zero-order valence-electron chi connectivity index (χ0n) is 17.8. The number of pyridine rings is 1. The standard InChI is InChI=1S/C23H20F2N4O3S/c1-26-23-19-10-16(15-8-17(24)12-18(25)9-15)11-20(32-6-7-33(2,30)31)21(19)28-22(29-23)14-4-3-5-27-13-14/h3-5,8-13H,6-7H2,1-2H3,(H,26,28,29). The molecule has 0 radical (unpaired) electrons. The first-order chi connectivity index (χ1) is 15.7. The summed E-state index contributed by atoms with van der Waals surface area (Å²) in [5.41, 5.74) is 1.85. The lowest BCUT2D eigenvalue weighted by Gasteiger charge is -2.15. The van der Waals surface area contributed by atoms with Crippen LogP contribution in [0.2, 0.25) is 0 Å². The van der Waals surface area contributed by atoms with Crippen LogP contribution < -0.4 is 10.1 Å². The number of hydrogen-bond acceptors (Lipinski definition) is 7. The number of aromatic nitrogens is 3. The molecule has 7 nitrogen and oxygen atoms in total. The zero-order chi connectivity index (χ0) is 23.6. The van der Waals surface area contributed by atoms with Gasteiger partial charge >= 0.3 is 0 Å². The molecular formula is C23H20F2N4O3S. The molecule has 4 aromatic rings. The molecule has 10 heteroatoms. The van der Waals surface area contributed by atoms with Crippen LogP contribution in [0.5, 0.6) is 5.75 Å². The van der Waals surface area contributed by atoms with E-state index in [0.29, 0.717) is 39.2 Å². The predicted octanol–water partition coefficient (Wildman–Crippen LogP) is 4.10. The molecule has 2 aromatic carbocycles. The molecule has 2 aromatic heterocycles. The number of hydrogen-bond donors (Lipinski definition) is 1. The molecule has 1 N–H and O–H groups in total. The number of halogens is 2. The molecule has 0 atom stereocenters. The van der Waals surface area contributed by atoms with Crippen molar-refractivity contribution in [1.29, 1.82) is 0 Å². The molecule has 0 spiro atoms. The average Bonchev–Trinajstić information content (AvgIpc) is 2.77. The van der Waals surface area contributed by atoms with Crippen molar-refractivity contribution >= 4 is 26.6 Å². The Hall–Kier alpha value is -3.66. The van der Waals surface area contributed by atoms with Crippen LogP contribution >= 0.6 is 0 Å². The second kappa shape index (κ2) is 9.07. The smallest absolute Gasteiger partial charge is 0.163 e. The van der Waals surface area contributed by atoms with Gasteiger partial charge in [-0.3, -0.25) is 4.98 Å². The van der Waals surface area contributed by atoms with Gasteiger partial charge in [0.25, 0.3) is 0 Å². The first kappa shape index (κ1) is 22.5. The second-order valence-corrected chi connectivity index (χ2v) is 9.65. The molecule has 4 rings (SSSR count). The largest absolute Gasteiger partial charge is 0.490 e. The Morgan fingerprint density at radius 3 is 2.36 bits per heavy atom. The lowest BCUT2D eigenvalue weighted by molar-refractivity contribution is 0.344. The van der Waals surface area contributed by atoms with Crippen molar-refractivity contribution in [3.05, 3.63) is 66.5 Å². The van der Waals surface area contributed by atoms with E-state index < -0.39 is 21.5 Å². The molecule has 0 saturated carbocycles. The molecule has 33 heavy (non-hydrogen) atoms. The molecule has 0 saturated heterocycles. The number of sulfone groups is 1. The van der Waals surface area contributed by atoms with E-state index >= 15 is 0 Å². The van der Waals surface area contributed by atoms with Crippen molar-refractivity contribution < 1.29 is 21.9 Å². The number of nitrogens with one attached hydrogen (secondary N) is 1. The number of fused-ring (bicyclic) bond motifs is 1. The number of anilines is 1. The minimum Gasteiger partial charge on any atom is -0.490 e. The third kappa shape index (κ3) is 5.23. The third-order valence-electron chi connectivity index (χ3n) is 4.83. The molecule has 0 unspecified atom stereocenters. The van der Waals surface area contributed by atoms with Gasteiger partial charge in [0.1, 0.15) is 35.3 Å². The van der Waals surface area contributed by atoms with Gasteiger partial charge in [0.05, 0.1) is 5.75 Å². The summed E-state index contributed by atoms with van der Waals surface area (Å²) in [6.45, 7) is -0.115. The fourth-order valence-electron chi connectivity index (χ4n) is 3.32. The van der Waals surface area contributed by atoms with Crippen LogP contribution in [-0.4, -0.2) is 49.0 Å². The van der Waals surface area contributed by atoms with Gasteiger partial charge in [-0.25, -0.2) is 27.2 Å². The quantitative estimate of drug-likeness (QED) is 0.435.